The van der Waals surface area contributed by atoms with Crippen molar-refractivity contribution in [2.75, 3.05) is 5.75 Å². The highest BCUT2D eigenvalue weighted by Gasteiger charge is 2.25. The Balaban J connectivity index is 1.77. The monoisotopic (exact) mass is 369 g/mol. The molecule has 1 atom stereocenters. The topological polar surface area (TPSA) is 63.2 Å². The van der Waals surface area contributed by atoms with Crippen LogP contribution in [0.2, 0.25) is 5.02 Å². The molecule has 1 unspecified atom stereocenters. The molecule has 1 amide bonds. The molecule has 7 heteroatoms. The first-order valence-corrected chi connectivity index (χ1v) is 10.2. The Labute approximate surface area is 144 Å². The van der Waals surface area contributed by atoms with Crippen molar-refractivity contribution < 1.29 is 13.2 Å². The van der Waals surface area contributed by atoms with E-state index >= 15 is 0 Å². The minimum atomic E-state index is -3.27. The van der Waals surface area contributed by atoms with E-state index in [0.29, 0.717) is 9.90 Å². The summed E-state index contributed by atoms with van der Waals surface area (Å²) in [5, 5.41) is 3.68. The van der Waals surface area contributed by atoms with Crippen LogP contribution >= 0.6 is 22.9 Å². The fourth-order valence-corrected chi connectivity index (χ4v) is 5.24. The molecule has 0 aliphatic heterocycles. The first kappa shape index (κ1) is 16.5. The van der Waals surface area contributed by atoms with Crippen LogP contribution in [0.5, 0.6) is 0 Å². The Kier molecular flexibility index (Phi) is 4.49. The highest BCUT2D eigenvalue weighted by Crippen LogP contribution is 2.33. The number of hydrogen-bond donors (Lipinski definition) is 1. The molecule has 0 saturated heterocycles. The van der Waals surface area contributed by atoms with Gasteiger partial charge in [-0.25, -0.2) is 8.42 Å². The fraction of sp³-hybridized carbons (Fsp3) is 0.312. The van der Waals surface area contributed by atoms with Crippen LogP contribution in [0.3, 0.4) is 0 Å². The van der Waals surface area contributed by atoms with E-state index in [2.05, 4.69) is 5.32 Å². The average molecular weight is 370 g/mol. The summed E-state index contributed by atoms with van der Waals surface area (Å²) in [6.45, 7) is 1.59. The molecule has 1 aromatic carbocycles. The number of thiophene rings is 1. The molecular weight excluding hydrogens is 354 g/mol. The van der Waals surface area contributed by atoms with Gasteiger partial charge < -0.3 is 5.32 Å². The van der Waals surface area contributed by atoms with Crippen LogP contribution in [0.15, 0.2) is 34.5 Å². The van der Waals surface area contributed by atoms with Gasteiger partial charge in [0.05, 0.1) is 16.7 Å². The summed E-state index contributed by atoms with van der Waals surface area (Å²) in [4.78, 5) is 12.8. The van der Waals surface area contributed by atoms with Gasteiger partial charge in [0.15, 0.2) is 9.84 Å². The van der Waals surface area contributed by atoms with Crippen molar-refractivity contribution in [1.82, 2.24) is 5.32 Å². The van der Waals surface area contributed by atoms with Gasteiger partial charge in [0.25, 0.3) is 5.91 Å². The van der Waals surface area contributed by atoms with Crippen LogP contribution in [0, 0.1) is 0 Å². The van der Waals surface area contributed by atoms with Crippen LogP contribution in [0.4, 0.5) is 0 Å². The van der Waals surface area contributed by atoms with Crippen molar-refractivity contribution in [3.63, 3.8) is 0 Å². The molecular formula is C16H16ClNO3S2. The number of carbonyl (C=O) groups excluding carboxylic acids is 1. The van der Waals surface area contributed by atoms with E-state index < -0.39 is 9.84 Å². The lowest BCUT2D eigenvalue weighted by atomic mass is 10.1. The van der Waals surface area contributed by atoms with Crippen molar-refractivity contribution in [2.45, 2.75) is 30.0 Å². The summed E-state index contributed by atoms with van der Waals surface area (Å²) in [6.07, 6.45) is 1.70. The van der Waals surface area contributed by atoms with E-state index in [1.807, 2.05) is 18.2 Å². The summed E-state index contributed by atoms with van der Waals surface area (Å²) >= 11 is 7.01. The number of fused-ring (bicyclic) bond motifs is 1. The van der Waals surface area contributed by atoms with E-state index in [0.717, 1.165) is 35.3 Å². The number of amides is 1. The van der Waals surface area contributed by atoms with Gasteiger partial charge in [-0.15, -0.1) is 11.3 Å². The van der Waals surface area contributed by atoms with Crippen molar-refractivity contribution >= 4 is 38.7 Å². The lowest BCUT2D eigenvalue weighted by Crippen LogP contribution is -2.26. The molecule has 1 aliphatic carbocycles. The molecule has 0 spiro atoms. The number of carbonyl (C=O) groups is 1. The minimum absolute atomic E-state index is 0.0331. The summed E-state index contributed by atoms with van der Waals surface area (Å²) in [7, 11) is -3.27. The first-order chi connectivity index (χ1) is 10.9. The molecule has 23 heavy (non-hydrogen) atoms. The van der Waals surface area contributed by atoms with E-state index in [4.69, 9.17) is 11.6 Å². The van der Waals surface area contributed by atoms with Crippen molar-refractivity contribution in [2.24, 2.45) is 0 Å². The maximum absolute atomic E-state index is 12.4. The van der Waals surface area contributed by atoms with Gasteiger partial charge in [0, 0.05) is 5.02 Å². The van der Waals surface area contributed by atoms with Crippen molar-refractivity contribution in [1.29, 1.82) is 0 Å². The van der Waals surface area contributed by atoms with E-state index in [1.165, 1.54) is 6.07 Å². The Morgan fingerprint density at radius 2 is 2.13 bits per heavy atom. The predicted octanol–water partition coefficient (Wildman–Crippen LogP) is 3.61. The number of aryl methyl sites for hydroxylation is 1. The molecule has 122 valence electrons. The Morgan fingerprint density at radius 3 is 2.87 bits per heavy atom. The second-order valence-electron chi connectivity index (χ2n) is 5.43. The lowest BCUT2D eigenvalue weighted by Gasteiger charge is -2.13. The molecule has 1 heterocycles. The van der Waals surface area contributed by atoms with Crippen LogP contribution in [-0.4, -0.2) is 20.1 Å². The number of benzene rings is 1. The maximum atomic E-state index is 12.4. The van der Waals surface area contributed by atoms with Gasteiger partial charge in [-0.1, -0.05) is 24.6 Å². The number of rotatable bonds is 4. The van der Waals surface area contributed by atoms with Gasteiger partial charge in [0.1, 0.15) is 4.21 Å². The molecule has 2 aromatic rings. The van der Waals surface area contributed by atoms with E-state index in [-0.39, 0.29) is 21.9 Å². The zero-order valence-corrected chi connectivity index (χ0v) is 14.9. The Morgan fingerprint density at radius 1 is 1.35 bits per heavy atom. The van der Waals surface area contributed by atoms with Crippen LogP contribution < -0.4 is 5.32 Å². The highest BCUT2D eigenvalue weighted by molar-refractivity contribution is 7.93. The number of halogens is 1. The molecule has 0 fully saturated rings. The summed E-state index contributed by atoms with van der Waals surface area (Å²) in [6, 6.07) is 8.71. The number of sulfone groups is 1. The van der Waals surface area contributed by atoms with Gasteiger partial charge in [-0.3, -0.25) is 4.79 Å². The minimum Gasteiger partial charge on any atom is -0.345 e. The van der Waals surface area contributed by atoms with Crippen molar-refractivity contribution in [3.05, 3.63) is 51.4 Å². The molecule has 0 saturated carbocycles. The van der Waals surface area contributed by atoms with E-state index in [9.17, 15) is 13.2 Å². The van der Waals surface area contributed by atoms with Gasteiger partial charge in [-0.05, 0) is 48.2 Å². The van der Waals surface area contributed by atoms with Crippen LogP contribution in [0.1, 0.15) is 40.2 Å². The second kappa shape index (κ2) is 6.26. The summed E-state index contributed by atoms with van der Waals surface area (Å²) in [5.41, 5.74) is 2.24. The Bertz CT molecular complexity index is 858. The van der Waals surface area contributed by atoms with Crippen LogP contribution in [-0.2, 0) is 16.3 Å². The Hall–Kier alpha value is -1.37. The molecule has 4 nitrogen and oxygen atoms in total. The third-order valence-corrected chi connectivity index (χ3v) is 7.61. The van der Waals surface area contributed by atoms with Crippen LogP contribution in [0.25, 0.3) is 0 Å². The SMILES string of the molecule is CCS(=O)(=O)c1ccc(C(=O)NC2CCc3cc(Cl)ccc32)s1. The molecule has 0 radical (unpaired) electrons. The second-order valence-corrected chi connectivity index (χ2v) is 9.46. The molecule has 1 aliphatic rings. The third-order valence-electron chi connectivity index (χ3n) is 3.98. The predicted molar refractivity (Wildman–Crippen MR) is 92.0 cm³/mol. The molecule has 1 N–H and O–H groups in total. The number of nitrogens with one attached hydrogen (secondary N) is 1. The summed E-state index contributed by atoms with van der Waals surface area (Å²) < 4.78 is 23.9. The standard InChI is InChI=1S/C16H16ClNO3S2/c1-2-23(20,21)15-8-7-14(22-15)16(19)18-13-6-3-10-9-11(17)4-5-12(10)13/h4-5,7-9,13H,2-3,6H2,1H3,(H,18,19). The third kappa shape index (κ3) is 3.29. The van der Waals surface area contributed by atoms with Gasteiger partial charge in [-0.2, -0.15) is 0 Å². The van der Waals surface area contributed by atoms with Gasteiger partial charge >= 0.3 is 0 Å². The average Bonchev–Trinajstić information content (AvgIpc) is 3.15. The maximum Gasteiger partial charge on any atom is 0.261 e. The molecule has 3 rings (SSSR count). The zero-order chi connectivity index (χ0) is 16.6. The molecule has 1 aromatic heterocycles. The van der Waals surface area contributed by atoms with E-state index in [1.54, 1.807) is 13.0 Å². The smallest absolute Gasteiger partial charge is 0.261 e. The lowest BCUT2D eigenvalue weighted by molar-refractivity contribution is 0.0941. The highest BCUT2D eigenvalue weighted by atomic mass is 35.5. The van der Waals surface area contributed by atoms with Gasteiger partial charge in [0.2, 0.25) is 0 Å². The normalized spacial score (nSPS) is 17.0. The largest absolute Gasteiger partial charge is 0.345 e. The zero-order valence-electron chi connectivity index (χ0n) is 12.5. The number of hydrogen-bond acceptors (Lipinski definition) is 4. The van der Waals surface area contributed by atoms with Crippen molar-refractivity contribution in [3.8, 4) is 0 Å². The first-order valence-electron chi connectivity index (χ1n) is 7.32. The fourth-order valence-electron chi connectivity index (χ4n) is 2.72. The quantitative estimate of drug-likeness (QED) is 0.895. The summed E-state index contributed by atoms with van der Waals surface area (Å²) in [5.74, 6) is -0.203. The molecule has 0 bridgehead atoms.